The van der Waals surface area contributed by atoms with Crippen molar-refractivity contribution in [3.05, 3.63) is 11.6 Å². The van der Waals surface area contributed by atoms with Gasteiger partial charge < -0.3 is 4.74 Å². The van der Waals surface area contributed by atoms with Crippen molar-refractivity contribution in [1.82, 2.24) is 0 Å². The lowest BCUT2D eigenvalue weighted by atomic mass is 9.66. The highest BCUT2D eigenvalue weighted by molar-refractivity contribution is 6.21. The molecule has 0 aromatic rings. The first-order valence-corrected chi connectivity index (χ1v) is 7.90. The standard InChI is InChI=1S/C16H25ClO/c1-15(2)9-13(8-14(17)11-15)12-4-7-18-16(10-12)5-3-6-16/h8,12,14H,3-7,9-11H2,1-2H3. The molecule has 0 N–H and O–H groups in total. The molecular formula is C16H25ClO. The smallest absolute Gasteiger partial charge is 0.0688 e. The average Bonchev–Trinajstić information content (AvgIpc) is 2.24. The summed E-state index contributed by atoms with van der Waals surface area (Å²) in [7, 11) is 0. The molecule has 0 radical (unpaired) electrons. The summed E-state index contributed by atoms with van der Waals surface area (Å²) in [6.45, 7) is 5.66. The monoisotopic (exact) mass is 268 g/mol. The highest BCUT2D eigenvalue weighted by atomic mass is 35.5. The van der Waals surface area contributed by atoms with Crippen molar-refractivity contribution < 1.29 is 4.74 Å². The average molecular weight is 269 g/mol. The zero-order valence-electron chi connectivity index (χ0n) is 11.7. The van der Waals surface area contributed by atoms with E-state index in [1.54, 1.807) is 5.57 Å². The fourth-order valence-electron chi connectivity index (χ4n) is 4.05. The zero-order chi connectivity index (χ0) is 12.8. The molecular weight excluding hydrogens is 244 g/mol. The van der Waals surface area contributed by atoms with Gasteiger partial charge in [0.25, 0.3) is 0 Å². The fraction of sp³-hybridized carbons (Fsp3) is 0.875. The van der Waals surface area contributed by atoms with Gasteiger partial charge in [0.15, 0.2) is 0 Å². The molecule has 0 aromatic heterocycles. The molecule has 2 fully saturated rings. The molecule has 2 unspecified atom stereocenters. The van der Waals surface area contributed by atoms with Crippen molar-refractivity contribution in [2.45, 2.75) is 69.8 Å². The molecule has 0 aromatic carbocycles. The van der Waals surface area contributed by atoms with Gasteiger partial charge >= 0.3 is 0 Å². The number of ether oxygens (including phenoxy) is 1. The van der Waals surface area contributed by atoms with E-state index in [0.29, 0.717) is 5.41 Å². The van der Waals surface area contributed by atoms with Gasteiger partial charge in [0, 0.05) is 6.61 Å². The third-order valence-electron chi connectivity index (χ3n) is 5.11. The lowest BCUT2D eigenvalue weighted by Gasteiger charge is -2.49. The van der Waals surface area contributed by atoms with Crippen molar-refractivity contribution in [1.29, 1.82) is 0 Å². The van der Waals surface area contributed by atoms with Crippen LogP contribution in [0.3, 0.4) is 0 Å². The minimum Gasteiger partial charge on any atom is -0.375 e. The third kappa shape index (κ3) is 2.49. The van der Waals surface area contributed by atoms with Gasteiger partial charge in [0.05, 0.1) is 11.0 Å². The van der Waals surface area contributed by atoms with E-state index in [9.17, 15) is 0 Å². The molecule has 1 heterocycles. The Balaban J connectivity index is 1.73. The van der Waals surface area contributed by atoms with E-state index in [1.807, 2.05) is 0 Å². The predicted octanol–water partition coefficient (Wildman–Crippen LogP) is 4.69. The summed E-state index contributed by atoms with van der Waals surface area (Å²) in [6.07, 6.45) is 11.1. The van der Waals surface area contributed by atoms with Gasteiger partial charge in [-0.15, -0.1) is 11.6 Å². The van der Waals surface area contributed by atoms with Gasteiger partial charge in [0.2, 0.25) is 0 Å². The maximum absolute atomic E-state index is 6.43. The molecule has 0 amide bonds. The molecule has 2 atom stereocenters. The second-order valence-electron chi connectivity index (χ2n) is 7.38. The maximum atomic E-state index is 6.43. The predicted molar refractivity (Wildman–Crippen MR) is 76.0 cm³/mol. The summed E-state index contributed by atoms with van der Waals surface area (Å²) in [6, 6.07) is 0. The lowest BCUT2D eigenvalue weighted by Crippen LogP contribution is -2.46. The van der Waals surface area contributed by atoms with Crippen LogP contribution >= 0.6 is 11.6 Å². The van der Waals surface area contributed by atoms with Crippen molar-refractivity contribution in [3.63, 3.8) is 0 Å². The molecule has 1 saturated carbocycles. The minimum absolute atomic E-state index is 0.240. The number of hydrogen-bond acceptors (Lipinski definition) is 1. The first kappa shape index (κ1) is 13.0. The first-order valence-electron chi connectivity index (χ1n) is 7.47. The second kappa shape index (κ2) is 4.52. The fourth-order valence-corrected chi connectivity index (χ4v) is 4.63. The van der Waals surface area contributed by atoms with Crippen LogP contribution in [-0.2, 0) is 4.74 Å². The molecule has 2 aliphatic carbocycles. The molecule has 3 rings (SSSR count). The van der Waals surface area contributed by atoms with Crippen LogP contribution in [-0.4, -0.2) is 17.6 Å². The number of rotatable bonds is 1. The van der Waals surface area contributed by atoms with Gasteiger partial charge in [-0.1, -0.05) is 25.5 Å². The lowest BCUT2D eigenvalue weighted by molar-refractivity contribution is -0.139. The summed E-state index contributed by atoms with van der Waals surface area (Å²) in [5.41, 5.74) is 2.26. The van der Waals surface area contributed by atoms with E-state index < -0.39 is 0 Å². The van der Waals surface area contributed by atoms with Crippen LogP contribution in [0.2, 0.25) is 0 Å². The SMILES string of the molecule is CC1(C)CC(C2CCOC3(CCC3)C2)=CC(Cl)C1. The van der Waals surface area contributed by atoms with Gasteiger partial charge in [-0.05, 0) is 56.3 Å². The molecule has 102 valence electrons. The zero-order valence-corrected chi connectivity index (χ0v) is 12.4. The van der Waals surface area contributed by atoms with Crippen LogP contribution in [0.1, 0.15) is 58.8 Å². The van der Waals surface area contributed by atoms with Gasteiger partial charge in [-0.2, -0.15) is 0 Å². The quantitative estimate of drug-likeness (QED) is 0.495. The molecule has 1 aliphatic heterocycles. The highest BCUT2D eigenvalue weighted by Crippen LogP contribution is 2.49. The summed E-state index contributed by atoms with van der Waals surface area (Å²) in [5.74, 6) is 0.736. The first-order chi connectivity index (χ1) is 8.48. The van der Waals surface area contributed by atoms with Crippen LogP contribution in [0.5, 0.6) is 0 Å². The largest absolute Gasteiger partial charge is 0.375 e. The number of allylic oxidation sites excluding steroid dienone is 2. The summed E-state index contributed by atoms with van der Waals surface area (Å²) >= 11 is 6.43. The Bertz CT molecular complexity index is 354. The summed E-state index contributed by atoms with van der Waals surface area (Å²) < 4.78 is 6.04. The van der Waals surface area contributed by atoms with Crippen LogP contribution in [0.15, 0.2) is 11.6 Å². The van der Waals surface area contributed by atoms with Crippen molar-refractivity contribution in [2.75, 3.05) is 6.61 Å². The van der Waals surface area contributed by atoms with Crippen LogP contribution in [0.25, 0.3) is 0 Å². The molecule has 0 bridgehead atoms. The number of alkyl halides is 1. The molecule has 2 heteroatoms. The van der Waals surface area contributed by atoms with E-state index in [-0.39, 0.29) is 11.0 Å². The Morgan fingerprint density at radius 3 is 2.67 bits per heavy atom. The second-order valence-corrected chi connectivity index (χ2v) is 7.94. The Hall–Kier alpha value is -0.0100. The third-order valence-corrected chi connectivity index (χ3v) is 5.39. The van der Waals surface area contributed by atoms with Crippen molar-refractivity contribution >= 4 is 11.6 Å². The number of hydrogen-bond donors (Lipinski definition) is 0. The van der Waals surface area contributed by atoms with Crippen LogP contribution in [0.4, 0.5) is 0 Å². The minimum atomic E-state index is 0.240. The summed E-state index contributed by atoms with van der Waals surface area (Å²) in [4.78, 5) is 0. The van der Waals surface area contributed by atoms with E-state index in [2.05, 4.69) is 19.9 Å². The van der Waals surface area contributed by atoms with E-state index >= 15 is 0 Å². The molecule has 18 heavy (non-hydrogen) atoms. The van der Waals surface area contributed by atoms with E-state index in [0.717, 1.165) is 18.9 Å². The maximum Gasteiger partial charge on any atom is 0.0688 e. The Morgan fingerprint density at radius 1 is 1.28 bits per heavy atom. The Morgan fingerprint density at radius 2 is 2.06 bits per heavy atom. The van der Waals surface area contributed by atoms with Crippen LogP contribution in [0, 0.1) is 11.3 Å². The Labute approximate surface area is 116 Å². The molecule has 1 saturated heterocycles. The van der Waals surface area contributed by atoms with Gasteiger partial charge in [-0.25, -0.2) is 0 Å². The number of halogens is 1. The van der Waals surface area contributed by atoms with Crippen molar-refractivity contribution in [3.8, 4) is 0 Å². The van der Waals surface area contributed by atoms with Crippen molar-refractivity contribution in [2.24, 2.45) is 11.3 Å². The molecule has 3 aliphatic rings. The van der Waals surface area contributed by atoms with Gasteiger partial charge in [0.1, 0.15) is 0 Å². The molecule has 1 nitrogen and oxygen atoms in total. The Kier molecular flexibility index (Phi) is 3.27. The molecule has 1 spiro atoms. The topological polar surface area (TPSA) is 9.23 Å². The normalized spacial score (nSPS) is 38.1. The van der Waals surface area contributed by atoms with E-state index in [4.69, 9.17) is 16.3 Å². The summed E-state index contributed by atoms with van der Waals surface area (Å²) in [5, 5.41) is 0.240. The highest BCUT2D eigenvalue weighted by Gasteiger charge is 2.44. The van der Waals surface area contributed by atoms with E-state index in [1.165, 1.54) is 38.5 Å². The van der Waals surface area contributed by atoms with Gasteiger partial charge in [-0.3, -0.25) is 0 Å². The van der Waals surface area contributed by atoms with Crippen LogP contribution < -0.4 is 0 Å².